The molecule has 0 fully saturated rings. The largest absolute Gasteiger partial charge is 0.507 e. The first kappa shape index (κ1) is 16.5. The lowest BCUT2D eigenvalue weighted by Gasteiger charge is -2.11. The van der Waals surface area contributed by atoms with Gasteiger partial charge in [0.2, 0.25) is 5.91 Å². The topological polar surface area (TPSA) is 78.4 Å². The second-order valence-electron chi connectivity index (χ2n) is 5.26. The number of aromatic hydroxyl groups is 1. The molecule has 2 rings (SSSR count). The van der Waals surface area contributed by atoms with E-state index < -0.39 is 5.91 Å². The molecule has 120 valence electrons. The lowest BCUT2D eigenvalue weighted by molar-refractivity contribution is -0.115. The van der Waals surface area contributed by atoms with Gasteiger partial charge in [-0.05, 0) is 42.7 Å². The van der Waals surface area contributed by atoms with E-state index in [9.17, 15) is 14.7 Å². The zero-order chi connectivity index (χ0) is 16.8. The van der Waals surface area contributed by atoms with Crippen LogP contribution in [0.4, 0.5) is 5.69 Å². The molecule has 0 radical (unpaired) electrons. The normalized spacial score (nSPS) is 10.2. The number of nitrogens with one attached hydrogen (secondary N) is 2. The van der Waals surface area contributed by atoms with Gasteiger partial charge in [-0.25, -0.2) is 0 Å². The summed E-state index contributed by atoms with van der Waals surface area (Å²) in [7, 11) is 0. The molecule has 23 heavy (non-hydrogen) atoms. The van der Waals surface area contributed by atoms with Crippen LogP contribution in [0, 0.1) is 6.92 Å². The summed E-state index contributed by atoms with van der Waals surface area (Å²) in [6.45, 7) is 3.66. The summed E-state index contributed by atoms with van der Waals surface area (Å²) in [6, 6.07) is 12.3. The van der Waals surface area contributed by atoms with Gasteiger partial charge in [0.05, 0.1) is 12.1 Å². The van der Waals surface area contributed by atoms with E-state index >= 15 is 0 Å². The van der Waals surface area contributed by atoms with Gasteiger partial charge in [-0.2, -0.15) is 0 Å². The number of hydrogen-bond donors (Lipinski definition) is 3. The Bertz CT molecular complexity index is 726. The molecule has 2 aromatic carbocycles. The third-order valence-electron chi connectivity index (χ3n) is 3.48. The lowest BCUT2D eigenvalue weighted by atomic mass is 10.1. The van der Waals surface area contributed by atoms with Crippen LogP contribution in [0.1, 0.15) is 28.4 Å². The van der Waals surface area contributed by atoms with E-state index in [0.717, 1.165) is 23.2 Å². The highest BCUT2D eigenvalue weighted by molar-refractivity contribution is 6.01. The molecule has 0 aromatic heterocycles. The summed E-state index contributed by atoms with van der Waals surface area (Å²) in [5.41, 5.74) is 2.78. The highest BCUT2D eigenvalue weighted by Gasteiger charge is 2.12. The molecule has 0 aliphatic carbocycles. The van der Waals surface area contributed by atoms with Crippen LogP contribution in [-0.4, -0.2) is 23.5 Å². The Morgan fingerprint density at radius 2 is 1.87 bits per heavy atom. The summed E-state index contributed by atoms with van der Waals surface area (Å²) < 4.78 is 0. The highest BCUT2D eigenvalue weighted by Crippen LogP contribution is 2.18. The fourth-order valence-electron chi connectivity index (χ4n) is 2.23. The fraction of sp³-hybridized carbons (Fsp3) is 0.222. The predicted molar refractivity (Wildman–Crippen MR) is 89.6 cm³/mol. The lowest BCUT2D eigenvalue weighted by Crippen LogP contribution is -2.33. The Labute approximate surface area is 135 Å². The van der Waals surface area contributed by atoms with E-state index in [2.05, 4.69) is 10.6 Å². The molecule has 3 N–H and O–H groups in total. The molecule has 2 aromatic rings. The molecule has 5 heteroatoms. The van der Waals surface area contributed by atoms with Gasteiger partial charge in [0.25, 0.3) is 5.91 Å². The standard InChI is InChI=1S/C18H20N2O3/c1-3-13-6-4-5-7-15(13)20-17(22)11-19-18(23)14-9-8-12(2)10-16(14)21/h4-10,21H,3,11H2,1-2H3,(H,19,23)(H,20,22). The number of carbonyl (C=O) groups excluding carboxylic acids is 2. The van der Waals surface area contributed by atoms with Crippen LogP contribution in [0.5, 0.6) is 5.75 Å². The monoisotopic (exact) mass is 312 g/mol. The summed E-state index contributed by atoms with van der Waals surface area (Å²) in [5, 5.41) is 15.1. The molecule has 0 unspecified atom stereocenters. The molecule has 5 nitrogen and oxygen atoms in total. The van der Waals surface area contributed by atoms with E-state index in [0.29, 0.717) is 0 Å². The first-order valence-electron chi connectivity index (χ1n) is 7.47. The SMILES string of the molecule is CCc1ccccc1NC(=O)CNC(=O)c1ccc(C)cc1O. The van der Waals surface area contributed by atoms with Crippen LogP contribution in [0.25, 0.3) is 0 Å². The predicted octanol–water partition coefficient (Wildman–Crippen LogP) is 2.63. The molecule has 0 saturated carbocycles. The Morgan fingerprint density at radius 3 is 2.57 bits per heavy atom. The number of benzene rings is 2. The van der Waals surface area contributed by atoms with Crippen molar-refractivity contribution in [2.75, 3.05) is 11.9 Å². The molecule has 0 bridgehead atoms. The van der Waals surface area contributed by atoms with Crippen LogP contribution in [0.15, 0.2) is 42.5 Å². The zero-order valence-corrected chi connectivity index (χ0v) is 13.2. The van der Waals surface area contributed by atoms with Crippen molar-refractivity contribution in [3.63, 3.8) is 0 Å². The second kappa shape index (κ2) is 7.45. The Balaban J connectivity index is 1.95. The first-order chi connectivity index (χ1) is 11.0. The van der Waals surface area contributed by atoms with E-state index in [1.807, 2.05) is 38.1 Å². The Hall–Kier alpha value is -2.82. The van der Waals surface area contributed by atoms with Gasteiger partial charge in [-0.3, -0.25) is 9.59 Å². The van der Waals surface area contributed by atoms with Crippen LogP contribution >= 0.6 is 0 Å². The molecule has 2 amide bonds. The van der Waals surface area contributed by atoms with Gasteiger partial charge in [-0.15, -0.1) is 0 Å². The quantitative estimate of drug-likeness (QED) is 0.794. The molecule has 0 heterocycles. The highest BCUT2D eigenvalue weighted by atomic mass is 16.3. The summed E-state index contributed by atoms with van der Waals surface area (Å²) >= 11 is 0. The molecule has 0 aliphatic heterocycles. The number of aryl methyl sites for hydroxylation is 2. The van der Waals surface area contributed by atoms with Gasteiger partial charge in [0, 0.05) is 5.69 Å². The van der Waals surface area contributed by atoms with Gasteiger partial charge in [-0.1, -0.05) is 31.2 Å². The van der Waals surface area contributed by atoms with Crippen molar-refractivity contribution in [2.24, 2.45) is 0 Å². The minimum absolute atomic E-state index is 0.0979. The van der Waals surface area contributed by atoms with Crippen molar-refractivity contribution >= 4 is 17.5 Å². The van der Waals surface area contributed by atoms with Crippen LogP contribution in [-0.2, 0) is 11.2 Å². The van der Waals surface area contributed by atoms with Crippen LogP contribution in [0.2, 0.25) is 0 Å². The second-order valence-corrected chi connectivity index (χ2v) is 5.26. The van der Waals surface area contributed by atoms with Crippen molar-refractivity contribution in [1.29, 1.82) is 0 Å². The summed E-state index contributed by atoms with van der Waals surface area (Å²) in [6.07, 6.45) is 0.806. The van der Waals surface area contributed by atoms with Crippen LogP contribution in [0.3, 0.4) is 0 Å². The van der Waals surface area contributed by atoms with Gasteiger partial charge < -0.3 is 15.7 Å². The van der Waals surface area contributed by atoms with Crippen molar-refractivity contribution in [3.05, 3.63) is 59.2 Å². The van der Waals surface area contributed by atoms with Crippen molar-refractivity contribution < 1.29 is 14.7 Å². The van der Waals surface area contributed by atoms with E-state index in [4.69, 9.17) is 0 Å². The Kier molecular flexibility index (Phi) is 5.36. The molecular formula is C18H20N2O3. The third-order valence-corrected chi connectivity index (χ3v) is 3.48. The minimum Gasteiger partial charge on any atom is -0.507 e. The summed E-state index contributed by atoms with van der Waals surface area (Å²) in [5.74, 6) is -0.897. The molecule has 0 atom stereocenters. The molecular weight excluding hydrogens is 292 g/mol. The number of phenols is 1. The van der Waals surface area contributed by atoms with E-state index in [1.54, 1.807) is 6.07 Å². The molecule has 0 aliphatic rings. The first-order valence-corrected chi connectivity index (χ1v) is 7.47. The van der Waals surface area contributed by atoms with Crippen molar-refractivity contribution in [1.82, 2.24) is 5.32 Å². The number of phenolic OH excluding ortho intramolecular Hbond substituents is 1. The number of hydrogen-bond acceptors (Lipinski definition) is 3. The Morgan fingerprint density at radius 1 is 1.13 bits per heavy atom. The number of rotatable bonds is 5. The molecule has 0 saturated heterocycles. The van der Waals surface area contributed by atoms with Crippen molar-refractivity contribution in [2.45, 2.75) is 20.3 Å². The smallest absolute Gasteiger partial charge is 0.255 e. The average Bonchev–Trinajstić information content (AvgIpc) is 2.53. The maximum atomic E-state index is 12.0. The molecule has 0 spiro atoms. The fourth-order valence-corrected chi connectivity index (χ4v) is 2.23. The van der Waals surface area contributed by atoms with Gasteiger partial charge in [0.1, 0.15) is 5.75 Å². The maximum absolute atomic E-state index is 12.0. The van der Waals surface area contributed by atoms with E-state index in [-0.39, 0.29) is 23.8 Å². The summed E-state index contributed by atoms with van der Waals surface area (Å²) in [4.78, 5) is 24.0. The number of para-hydroxylation sites is 1. The minimum atomic E-state index is -0.485. The van der Waals surface area contributed by atoms with Gasteiger partial charge >= 0.3 is 0 Å². The number of carbonyl (C=O) groups is 2. The zero-order valence-electron chi connectivity index (χ0n) is 13.2. The average molecular weight is 312 g/mol. The van der Waals surface area contributed by atoms with Gasteiger partial charge in [0.15, 0.2) is 0 Å². The third kappa shape index (κ3) is 4.32. The van der Waals surface area contributed by atoms with E-state index in [1.165, 1.54) is 12.1 Å². The van der Waals surface area contributed by atoms with Crippen molar-refractivity contribution in [3.8, 4) is 5.75 Å². The maximum Gasteiger partial charge on any atom is 0.255 e. The van der Waals surface area contributed by atoms with Crippen LogP contribution < -0.4 is 10.6 Å². The number of amides is 2. The number of anilines is 1.